The van der Waals surface area contributed by atoms with Gasteiger partial charge in [0.15, 0.2) is 0 Å². The SMILES string of the molecule is CCS(=O)(=O)N[C@@H]1CN(Cc2ccoc2)C[C@@H]2CCCO[C@@H]21. The number of nitrogens with zero attached hydrogens (tertiary/aromatic N) is 1. The van der Waals surface area contributed by atoms with Gasteiger partial charge in [-0.2, -0.15) is 0 Å². The van der Waals surface area contributed by atoms with E-state index in [4.69, 9.17) is 9.15 Å². The minimum Gasteiger partial charge on any atom is -0.472 e. The third-order valence-corrected chi connectivity index (χ3v) is 5.96. The quantitative estimate of drug-likeness (QED) is 0.879. The fourth-order valence-electron chi connectivity index (χ4n) is 3.48. The molecule has 0 bridgehead atoms. The standard InChI is InChI=1S/C15H24N2O4S/c1-2-22(18,19)16-14-10-17(8-12-5-7-20-11-12)9-13-4-3-6-21-15(13)14/h5,7,11,13-16H,2-4,6,8-10H2,1H3/t13-,14+,15-/m0/s1. The van der Waals surface area contributed by atoms with Crippen LogP contribution in [0.25, 0.3) is 0 Å². The summed E-state index contributed by atoms with van der Waals surface area (Å²) in [5.74, 6) is 0.488. The van der Waals surface area contributed by atoms with E-state index in [1.165, 1.54) is 0 Å². The highest BCUT2D eigenvalue weighted by atomic mass is 32.2. The lowest BCUT2D eigenvalue weighted by atomic mass is 9.85. The van der Waals surface area contributed by atoms with Gasteiger partial charge in [-0.25, -0.2) is 13.1 Å². The van der Waals surface area contributed by atoms with Crippen LogP contribution < -0.4 is 4.72 Å². The lowest BCUT2D eigenvalue weighted by Crippen LogP contribution is -2.60. The summed E-state index contributed by atoms with van der Waals surface area (Å²) in [6, 6.07) is 1.78. The predicted octanol–water partition coefficient (Wildman–Crippen LogP) is 1.20. The summed E-state index contributed by atoms with van der Waals surface area (Å²) in [6.07, 6.45) is 5.55. The van der Waals surface area contributed by atoms with Crippen molar-refractivity contribution >= 4 is 10.0 Å². The second-order valence-corrected chi connectivity index (χ2v) is 8.23. The Labute approximate surface area is 131 Å². The summed E-state index contributed by atoms with van der Waals surface area (Å²) in [4.78, 5) is 2.30. The van der Waals surface area contributed by atoms with Gasteiger partial charge >= 0.3 is 0 Å². The van der Waals surface area contributed by atoms with Gasteiger partial charge < -0.3 is 9.15 Å². The molecule has 1 N–H and O–H groups in total. The van der Waals surface area contributed by atoms with Crippen molar-refractivity contribution in [1.82, 2.24) is 9.62 Å². The second kappa shape index (κ2) is 6.70. The van der Waals surface area contributed by atoms with E-state index >= 15 is 0 Å². The molecule has 3 heterocycles. The molecule has 1 aromatic heterocycles. The molecular formula is C15H24N2O4S. The number of fused-ring (bicyclic) bond motifs is 1. The third kappa shape index (κ3) is 3.71. The maximum Gasteiger partial charge on any atom is 0.211 e. The first-order valence-corrected chi connectivity index (χ1v) is 9.57. The van der Waals surface area contributed by atoms with Crippen molar-refractivity contribution in [1.29, 1.82) is 0 Å². The van der Waals surface area contributed by atoms with Gasteiger partial charge in [0, 0.05) is 31.8 Å². The Kier molecular flexibility index (Phi) is 4.87. The number of piperidine rings is 1. The third-order valence-electron chi connectivity index (χ3n) is 4.54. The van der Waals surface area contributed by atoms with Crippen LogP contribution in [0, 0.1) is 5.92 Å². The highest BCUT2D eigenvalue weighted by molar-refractivity contribution is 7.89. The van der Waals surface area contributed by atoms with Gasteiger partial charge in [0.1, 0.15) is 0 Å². The number of sulfonamides is 1. The number of likely N-dealkylation sites (tertiary alicyclic amines) is 1. The molecule has 3 atom stereocenters. The molecule has 124 valence electrons. The molecule has 2 saturated heterocycles. The van der Waals surface area contributed by atoms with E-state index < -0.39 is 10.0 Å². The van der Waals surface area contributed by atoms with Gasteiger partial charge in [-0.05, 0) is 31.7 Å². The molecule has 0 aromatic carbocycles. The Hall–Kier alpha value is -0.890. The largest absolute Gasteiger partial charge is 0.472 e. The summed E-state index contributed by atoms with van der Waals surface area (Å²) >= 11 is 0. The van der Waals surface area contributed by atoms with Crippen LogP contribution in [0.4, 0.5) is 0 Å². The second-order valence-electron chi connectivity index (χ2n) is 6.19. The lowest BCUT2D eigenvalue weighted by Gasteiger charge is -2.45. The topological polar surface area (TPSA) is 71.8 Å². The number of hydrogen-bond acceptors (Lipinski definition) is 5. The van der Waals surface area contributed by atoms with Crippen LogP contribution in [0.15, 0.2) is 23.0 Å². The van der Waals surface area contributed by atoms with Crippen molar-refractivity contribution in [2.45, 2.75) is 38.5 Å². The lowest BCUT2D eigenvalue weighted by molar-refractivity contribution is -0.0823. The van der Waals surface area contributed by atoms with E-state index in [0.717, 1.165) is 38.1 Å². The maximum absolute atomic E-state index is 12.0. The Morgan fingerprint density at radius 3 is 3.00 bits per heavy atom. The molecule has 2 aliphatic rings. The monoisotopic (exact) mass is 328 g/mol. The first kappa shape index (κ1) is 16.0. The zero-order chi connectivity index (χ0) is 15.6. The minimum atomic E-state index is -3.23. The molecular weight excluding hydrogens is 304 g/mol. The molecule has 0 aliphatic carbocycles. The molecule has 7 heteroatoms. The van der Waals surface area contributed by atoms with Crippen LogP contribution in [0.2, 0.25) is 0 Å². The van der Waals surface area contributed by atoms with E-state index in [1.54, 1.807) is 19.5 Å². The van der Waals surface area contributed by atoms with E-state index in [-0.39, 0.29) is 17.9 Å². The summed E-state index contributed by atoms with van der Waals surface area (Å²) in [5, 5.41) is 0. The van der Waals surface area contributed by atoms with Crippen LogP contribution in [-0.2, 0) is 21.3 Å². The fraction of sp³-hybridized carbons (Fsp3) is 0.733. The molecule has 0 saturated carbocycles. The molecule has 1 aromatic rings. The molecule has 0 spiro atoms. The highest BCUT2D eigenvalue weighted by Gasteiger charge is 2.40. The predicted molar refractivity (Wildman–Crippen MR) is 82.8 cm³/mol. The summed E-state index contributed by atoms with van der Waals surface area (Å²) in [7, 11) is -3.23. The number of ether oxygens (including phenoxy) is 1. The molecule has 0 unspecified atom stereocenters. The molecule has 6 nitrogen and oxygen atoms in total. The minimum absolute atomic E-state index is 0.00400. The van der Waals surface area contributed by atoms with Crippen molar-refractivity contribution in [3.8, 4) is 0 Å². The number of furan rings is 1. The van der Waals surface area contributed by atoms with Crippen LogP contribution in [0.5, 0.6) is 0 Å². The Bertz CT molecular complexity index is 572. The van der Waals surface area contributed by atoms with Gasteiger partial charge in [-0.3, -0.25) is 4.90 Å². The Morgan fingerprint density at radius 1 is 1.41 bits per heavy atom. The summed E-state index contributed by atoms with van der Waals surface area (Å²) in [5.41, 5.74) is 1.12. The molecule has 0 radical (unpaired) electrons. The van der Waals surface area contributed by atoms with Crippen molar-refractivity contribution < 1.29 is 17.6 Å². The van der Waals surface area contributed by atoms with Crippen LogP contribution in [-0.4, -0.2) is 50.9 Å². The highest BCUT2D eigenvalue weighted by Crippen LogP contribution is 2.29. The zero-order valence-electron chi connectivity index (χ0n) is 12.9. The van der Waals surface area contributed by atoms with Crippen LogP contribution in [0.1, 0.15) is 25.3 Å². The van der Waals surface area contributed by atoms with E-state index in [9.17, 15) is 8.42 Å². The first-order chi connectivity index (χ1) is 10.6. The summed E-state index contributed by atoms with van der Waals surface area (Å²) in [6.45, 7) is 4.79. The Morgan fingerprint density at radius 2 is 2.27 bits per heavy atom. The zero-order valence-corrected chi connectivity index (χ0v) is 13.7. The smallest absolute Gasteiger partial charge is 0.211 e. The van der Waals surface area contributed by atoms with Gasteiger partial charge in [-0.1, -0.05) is 0 Å². The van der Waals surface area contributed by atoms with Crippen molar-refractivity contribution in [2.75, 3.05) is 25.4 Å². The number of nitrogens with one attached hydrogen (secondary N) is 1. The number of rotatable bonds is 5. The maximum atomic E-state index is 12.0. The molecule has 0 amide bonds. The summed E-state index contributed by atoms with van der Waals surface area (Å²) < 4.78 is 37.8. The van der Waals surface area contributed by atoms with E-state index in [0.29, 0.717) is 12.5 Å². The average Bonchev–Trinajstić information content (AvgIpc) is 3.00. The first-order valence-electron chi connectivity index (χ1n) is 7.92. The average molecular weight is 328 g/mol. The molecule has 2 aliphatic heterocycles. The van der Waals surface area contributed by atoms with E-state index in [1.807, 2.05) is 6.07 Å². The van der Waals surface area contributed by atoms with Crippen molar-refractivity contribution in [3.05, 3.63) is 24.2 Å². The van der Waals surface area contributed by atoms with Gasteiger partial charge in [0.25, 0.3) is 0 Å². The molecule has 22 heavy (non-hydrogen) atoms. The van der Waals surface area contributed by atoms with Gasteiger partial charge in [-0.15, -0.1) is 0 Å². The van der Waals surface area contributed by atoms with Crippen molar-refractivity contribution in [2.24, 2.45) is 5.92 Å². The fourth-order valence-corrected chi connectivity index (χ4v) is 4.32. The van der Waals surface area contributed by atoms with Crippen LogP contribution in [0.3, 0.4) is 0 Å². The number of hydrogen-bond donors (Lipinski definition) is 1. The molecule has 2 fully saturated rings. The van der Waals surface area contributed by atoms with E-state index in [2.05, 4.69) is 9.62 Å². The van der Waals surface area contributed by atoms with Gasteiger partial charge in [0.05, 0.1) is 30.4 Å². The molecule has 3 rings (SSSR count). The normalized spacial score (nSPS) is 30.1. The Balaban J connectivity index is 1.73. The van der Waals surface area contributed by atoms with Gasteiger partial charge in [0.2, 0.25) is 10.0 Å². The van der Waals surface area contributed by atoms with Crippen molar-refractivity contribution in [3.63, 3.8) is 0 Å². The van der Waals surface area contributed by atoms with Crippen LogP contribution >= 0.6 is 0 Å².